The molecule has 5 heteroatoms. The van der Waals surface area contributed by atoms with E-state index in [2.05, 4.69) is 5.32 Å². The highest BCUT2D eigenvalue weighted by atomic mass is 35.5. The summed E-state index contributed by atoms with van der Waals surface area (Å²) in [6.45, 7) is 2.87. The van der Waals surface area contributed by atoms with E-state index in [9.17, 15) is 4.79 Å². The van der Waals surface area contributed by atoms with Crippen molar-refractivity contribution in [2.45, 2.75) is 13.3 Å². The molecule has 0 saturated heterocycles. The number of hydrogen-bond donors (Lipinski definition) is 1. The molecule has 1 aliphatic heterocycles. The maximum atomic E-state index is 11.0. The maximum Gasteiger partial charge on any atom is 0.234 e. The molecule has 2 rings (SSSR count). The van der Waals surface area contributed by atoms with Gasteiger partial charge in [0.1, 0.15) is 5.88 Å². The first-order chi connectivity index (χ1) is 8.20. The van der Waals surface area contributed by atoms with Crippen molar-refractivity contribution < 1.29 is 14.3 Å². The lowest BCUT2D eigenvalue weighted by atomic mass is 10.0. The summed E-state index contributed by atoms with van der Waals surface area (Å²) in [5, 5.41) is 2.73. The van der Waals surface area contributed by atoms with Crippen LogP contribution < -0.4 is 14.8 Å². The first kappa shape index (κ1) is 12.0. The van der Waals surface area contributed by atoms with Crippen molar-refractivity contribution in [3.05, 3.63) is 23.3 Å². The lowest BCUT2D eigenvalue weighted by molar-refractivity contribution is -0.118. The van der Waals surface area contributed by atoms with E-state index < -0.39 is 0 Å². The number of benzene rings is 1. The lowest BCUT2D eigenvalue weighted by Gasteiger charge is -2.08. The van der Waals surface area contributed by atoms with Crippen LogP contribution in [0.25, 0.3) is 0 Å². The molecule has 0 spiro atoms. The Hall–Kier alpha value is -1.42. The van der Waals surface area contributed by atoms with Crippen molar-refractivity contribution in [1.82, 2.24) is 5.32 Å². The Bertz CT molecular complexity index is 434. The zero-order chi connectivity index (χ0) is 12.3. The number of carbonyl (C=O) groups excluding carboxylic acids is 1. The fourth-order valence-corrected chi connectivity index (χ4v) is 1.83. The van der Waals surface area contributed by atoms with Crippen molar-refractivity contribution in [2.24, 2.45) is 0 Å². The molecule has 0 aromatic heterocycles. The maximum absolute atomic E-state index is 11.0. The Morgan fingerprint density at radius 1 is 1.41 bits per heavy atom. The molecule has 0 bridgehead atoms. The molecule has 1 aromatic rings. The fraction of sp³-hybridized carbons (Fsp3) is 0.417. The number of rotatable bonds is 4. The summed E-state index contributed by atoms with van der Waals surface area (Å²) in [5.74, 6) is 1.41. The molecule has 1 aromatic carbocycles. The topological polar surface area (TPSA) is 47.6 Å². The molecule has 0 unspecified atom stereocenters. The van der Waals surface area contributed by atoms with Crippen LogP contribution in [-0.4, -0.2) is 25.1 Å². The van der Waals surface area contributed by atoms with Crippen LogP contribution in [0.1, 0.15) is 11.1 Å². The SMILES string of the molecule is Cc1cc2c(cc1CCNC(=O)CCl)OCO2. The molecule has 0 saturated carbocycles. The minimum atomic E-state index is -0.148. The third kappa shape index (κ3) is 2.82. The summed E-state index contributed by atoms with van der Waals surface area (Å²) < 4.78 is 10.6. The number of aryl methyl sites for hydroxylation is 1. The number of nitrogens with one attached hydrogen (secondary N) is 1. The fourth-order valence-electron chi connectivity index (χ4n) is 1.74. The highest BCUT2D eigenvalue weighted by Crippen LogP contribution is 2.34. The number of ether oxygens (including phenoxy) is 2. The van der Waals surface area contributed by atoms with Gasteiger partial charge in [-0.15, -0.1) is 11.6 Å². The van der Waals surface area contributed by atoms with Gasteiger partial charge in [0.25, 0.3) is 0 Å². The Balaban J connectivity index is 1.99. The second-order valence-corrected chi connectivity index (χ2v) is 4.13. The summed E-state index contributed by atoms with van der Waals surface area (Å²) in [6, 6.07) is 3.92. The predicted molar refractivity (Wildman–Crippen MR) is 64.7 cm³/mol. The van der Waals surface area contributed by atoms with Gasteiger partial charge in [0.2, 0.25) is 12.7 Å². The zero-order valence-electron chi connectivity index (χ0n) is 9.59. The summed E-state index contributed by atoms with van der Waals surface area (Å²) in [7, 11) is 0. The van der Waals surface area contributed by atoms with E-state index in [0.29, 0.717) is 6.54 Å². The van der Waals surface area contributed by atoms with Crippen LogP contribution in [-0.2, 0) is 11.2 Å². The van der Waals surface area contributed by atoms with Crippen LogP contribution in [0, 0.1) is 6.92 Å². The number of fused-ring (bicyclic) bond motifs is 1. The van der Waals surface area contributed by atoms with Crippen molar-refractivity contribution in [3.63, 3.8) is 0 Å². The number of halogens is 1. The first-order valence-corrected chi connectivity index (χ1v) is 5.96. The molecule has 17 heavy (non-hydrogen) atoms. The summed E-state index contributed by atoms with van der Waals surface area (Å²) in [5.41, 5.74) is 2.28. The third-order valence-corrected chi connectivity index (χ3v) is 2.91. The van der Waals surface area contributed by atoms with Crippen molar-refractivity contribution >= 4 is 17.5 Å². The van der Waals surface area contributed by atoms with Crippen LogP contribution in [0.4, 0.5) is 0 Å². The van der Waals surface area contributed by atoms with Crippen molar-refractivity contribution in [3.8, 4) is 11.5 Å². The van der Waals surface area contributed by atoms with Gasteiger partial charge in [-0.1, -0.05) is 0 Å². The minimum Gasteiger partial charge on any atom is -0.454 e. The summed E-state index contributed by atoms with van der Waals surface area (Å²) >= 11 is 5.39. The van der Waals surface area contributed by atoms with Gasteiger partial charge < -0.3 is 14.8 Å². The normalized spacial score (nSPS) is 12.6. The monoisotopic (exact) mass is 255 g/mol. The second kappa shape index (κ2) is 5.27. The molecule has 1 heterocycles. The molecule has 4 nitrogen and oxygen atoms in total. The van der Waals surface area contributed by atoms with E-state index in [0.717, 1.165) is 29.0 Å². The summed E-state index contributed by atoms with van der Waals surface area (Å²) in [4.78, 5) is 11.0. The molecule has 1 N–H and O–H groups in total. The number of amides is 1. The van der Waals surface area contributed by atoms with Crippen molar-refractivity contribution in [2.75, 3.05) is 19.2 Å². The van der Waals surface area contributed by atoms with Gasteiger partial charge in [0, 0.05) is 6.54 Å². The van der Waals surface area contributed by atoms with Gasteiger partial charge in [-0.2, -0.15) is 0 Å². The van der Waals surface area contributed by atoms with E-state index >= 15 is 0 Å². The van der Waals surface area contributed by atoms with E-state index in [4.69, 9.17) is 21.1 Å². The molecule has 0 aliphatic carbocycles. The Morgan fingerprint density at radius 2 is 2.12 bits per heavy atom. The van der Waals surface area contributed by atoms with Gasteiger partial charge in [0.05, 0.1) is 0 Å². The number of carbonyl (C=O) groups is 1. The van der Waals surface area contributed by atoms with Crippen molar-refractivity contribution in [1.29, 1.82) is 0 Å². The molecular formula is C12H14ClNO3. The van der Waals surface area contributed by atoms with Crippen LogP contribution in [0.2, 0.25) is 0 Å². The van der Waals surface area contributed by atoms with Gasteiger partial charge in [-0.25, -0.2) is 0 Å². The molecule has 0 atom stereocenters. The van der Waals surface area contributed by atoms with E-state index in [-0.39, 0.29) is 18.6 Å². The average Bonchev–Trinajstić information content (AvgIpc) is 2.76. The van der Waals surface area contributed by atoms with Gasteiger partial charge >= 0.3 is 0 Å². The molecular weight excluding hydrogens is 242 g/mol. The second-order valence-electron chi connectivity index (χ2n) is 3.87. The van der Waals surface area contributed by atoms with Gasteiger partial charge in [0.15, 0.2) is 11.5 Å². The molecule has 1 aliphatic rings. The quantitative estimate of drug-likeness (QED) is 0.832. The summed E-state index contributed by atoms with van der Waals surface area (Å²) in [6.07, 6.45) is 0.755. The highest BCUT2D eigenvalue weighted by molar-refractivity contribution is 6.27. The van der Waals surface area contributed by atoms with Crippen LogP contribution >= 0.6 is 11.6 Å². The Labute approximate surface area is 105 Å². The number of hydrogen-bond acceptors (Lipinski definition) is 3. The van der Waals surface area contributed by atoms with Crippen LogP contribution in [0.3, 0.4) is 0 Å². The average molecular weight is 256 g/mol. The number of alkyl halides is 1. The minimum absolute atomic E-state index is 0.000120. The van der Waals surface area contributed by atoms with Crippen LogP contribution in [0.15, 0.2) is 12.1 Å². The largest absolute Gasteiger partial charge is 0.454 e. The van der Waals surface area contributed by atoms with E-state index in [1.807, 2.05) is 19.1 Å². The smallest absolute Gasteiger partial charge is 0.234 e. The molecule has 1 amide bonds. The predicted octanol–water partition coefficient (Wildman–Crippen LogP) is 1.62. The van der Waals surface area contributed by atoms with E-state index in [1.165, 1.54) is 0 Å². The van der Waals surface area contributed by atoms with Gasteiger partial charge in [-0.3, -0.25) is 4.79 Å². The lowest BCUT2D eigenvalue weighted by Crippen LogP contribution is -2.26. The highest BCUT2D eigenvalue weighted by Gasteiger charge is 2.15. The third-order valence-electron chi connectivity index (χ3n) is 2.67. The standard InChI is InChI=1S/C12H14ClNO3/c1-8-4-10-11(17-7-16-10)5-9(8)2-3-14-12(15)6-13/h4-5H,2-3,6-7H2,1H3,(H,14,15). The van der Waals surface area contributed by atoms with Crippen LogP contribution in [0.5, 0.6) is 11.5 Å². The molecule has 0 fully saturated rings. The van der Waals surface area contributed by atoms with E-state index in [1.54, 1.807) is 0 Å². The Kier molecular flexibility index (Phi) is 3.74. The zero-order valence-corrected chi connectivity index (χ0v) is 10.3. The Morgan fingerprint density at radius 3 is 2.82 bits per heavy atom. The first-order valence-electron chi connectivity index (χ1n) is 5.42. The molecule has 92 valence electrons. The van der Waals surface area contributed by atoms with Gasteiger partial charge in [-0.05, 0) is 36.6 Å². The molecule has 0 radical (unpaired) electrons.